The van der Waals surface area contributed by atoms with Crippen LogP contribution in [0.3, 0.4) is 0 Å². The fourth-order valence-electron chi connectivity index (χ4n) is 1.58. The molecule has 0 fully saturated rings. The molecular weight excluding hydrogens is 242 g/mol. The number of anilines is 1. The maximum Gasteiger partial charge on any atom is 0.119 e. The number of rotatable bonds is 5. The van der Waals surface area contributed by atoms with Crippen LogP contribution in [0.2, 0.25) is 0 Å². The number of ether oxygens (including phenoxy) is 1. The molecular formula is C15H17NOS. The molecule has 0 bridgehead atoms. The van der Waals surface area contributed by atoms with Gasteiger partial charge in [-0.1, -0.05) is 12.1 Å². The van der Waals surface area contributed by atoms with Crippen LogP contribution >= 0.6 is 11.8 Å². The number of hydrogen-bond donors (Lipinski definition) is 1. The summed E-state index contributed by atoms with van der Waals surface area (Å²) in [6.45, 7) is 2.70. The van der Waals surface area contributed by atoms with Crippen LogP contribution in [0.15, 0.2) is 53.4 Å². The zero-order valence-electron chi connectivity index (χ0n) is 10.4. The van der Waals surface area contributed by atoms with Gasteiger partial charge in [-0.3, -0.25) is 0 Å². The highest BCUT2D eigenvalue weighted by atomic mass is 32.2. The van der Waals surface area contributed by atoms with Gasteiger partial charge in [0, 0.05) is 16.3 Å². The first kappa shape index (κ1) is 12.8. The van der Waals surface area contributed by atoms with Crippen LogP contribution in [0.4, 0.5) is 5.69 Å². The van der Waals surface area contributed by atoms with Crippen molar-refractivity contribution < 1.29 is 4.74 Å². The summed E-state index contributed by atoms with van der Waals surface area (Å²) in [5.41, 5.74) is 7.75. The number of hydrogen-bond acceptors (Lipinski definition) is 3. The van der Waals surface area contributed by atoms with E-state index in [4.69, 9.17) is 10.5 Å². The van der Waals surface area contributed by atoms with Crippen LogP contribution < -0.4 is 10.5 Å². The van der Waals surface area contributed by atoms with E-state index in [0.717, 1.165) is 17.2 Å². The molecule has 0 spiro atoms. The Morgan fingerprint density at radius 1 is 1.00 bits per heavy atom. The SMILES string of the molecule is CCOc1ccc(CSc2ccc(N)cc2)cc1. The first-order valence-electron chi connectivity index (χ1n) is 5.98. The summed E-state index contributed by atoms with van der Waals surface area (Å²) in [6.07, 6.45) is 0. The molecule has 0 atom stereocenters. The van der Waals surface area contributed by atoms with Gasteiger partial charge in [-0.25, -0.2) is 0 Å². The first-order chi connectivity index (χ1) is 8.78. The maximum atomic E-state index is 5.66. The Labute approximate surface area is 112 Å². The summed E-state index contributed by atoms with van der Waals surface area (Å²) in [4.78, 5) is 1.23. The highest BCUT2D eigenvalue weighted by Gasteiger charge is 1.97. The van der Waals surface area contributed by atoms with Crippen LogP contribution in [-0.2, 0) is 5.75 Å². The molecule has 0 radical (unpaired) electrons. The van der Waals surface area contributed by atoms with Crippen molar-refractivity contribution in [3.63, 3.8) is 0 Å². The fraction of sp³-hybridized carbons (Fsp3) is 0.200. The number of benzene rings is 2. The van der Waals surface area contributed by atoms with E-state index in [0.29, 0.717) is 6.61 Å². The summed E-state index contributed by atoms with van der Waals surface area (Å²) in [5.74, 6) is 1.88. The lowest BCUT2D eigenvalue weighted by molar-refractivity contribution is 0.340. The Kier molecular flexibility index (Phi) is 4.53. The van der Waals surface area contributed by atoms with Gasteiger partial charge in [-0.15, -0.1) is 11.8 Å². The van der Waals surface area contributed by atoms with E-state index >= 15 is 0 Å². The van der Waals surface area contributed by atoms with Crippen molar-refractivity contribution >= 4 is 17.4 Å². The van der Waals surface area contributed by atoms with Gasteiger partial charge in [0.2, 0.25) is 0 Å². The Balaban J connectivity index is 1.91. The minimum absolute atomic E-state index is 0.708. The third-order valence-electron chi connectivity index (χ3n) is 2.52. The van der Waals surface area contributed by atoms with Crippen LogP contribution in [0.25, 0.3) is 0 Å². The molecule has 0 saturated heterocycles. The fourth-order valence-corrected chi connectivity index (χ4v) is 2.43. The minimum atomic E-state index is 0.708. The zero-order valence-corrected chi connectivity index (χ0v) is 11.2. The molecule has 0 aliphatic heterocycles. The van der Waals surface area contributed by atoms with Gasteiger partial charge in [0.05, 0.1) is 6.61 Å². The van der Waals surface area contributed by atoms with Crippen molar-refractivity contribution in [3.05, 3.63) is 54.1 Å². The molecule has 0 unspecified atom stereocenters. The molecule has 0 aliphatic carbocycles. The van der Waals surface area contributed by atoms with Crippen molar-refractivity contribution in [2.75, 3.05) is 12.3 Å². The van der Waals surface area contributed by atoms with E-state index in [1.54, 1.807) is 11.8 Å². The molecule has 0 amide bonds. The first-order valence-corrected chi connectivity index (χ1v) is 6.96. The van der Waals surface area contributed by atoms with Crippen molar-refractivity contribution in [1.82, 2.24) is 0 Å². The predicted octanol–water partition coefficient (Wildman–Crippen LogP) is 3.96. The molecule has 0 aliphatic rings. The van der Waals surface area contributed by atoms with E-state index in [1.165, 1.54) is 10.5 Å². The lowest BCUT2D eigenvalue weighted by Crippen LogP contribution is -1.91. The smallest absolute Gasteiger partial charge is 0.119 e. The summed E-state index contributed by atoms with van der Waals surface area (Å²) >= 11 is 1.81. The van der Waals surface area contributed by atoms with Gasteiger partial charge >= 0.3 is 0 Å². The molecule has 2 aromatic rings. The van der Waals surface area contributed by atoms with Gasteiger partial charge < -0.3 is 10.5 Å². The van der Waals surface area contributed by atoms with Gasteiger partial charge in [0.25, 0.3) is 0 Å². The Bertz CT molecular complexity index is 479. The molecule has 0 heterocycles. The summed E-state index contributed by atoms with van der Waals surface area (Å²) in [7, 11) is 0. The quantitative estimate of drug-likeness (QED) is 0.652. The molecule has 2 aromatic carbocycles. The number of nitrogen functional groups attached to an aromatic ring is 1. The standard InChI is InChI=1S/C15H17NOS/c1-2-17-14-7-3-12(4-8-14)11-18-15-9-5-13(16)6-10-15/h3-10H,2,11,16H2,1H3. The molecule has 2 nitrogen and oxygen atoms in total. The monoisotopic (exact) mass is 259 g/mol. The van der Waals surface area contributed by atoms with Gasteiger partial charge in [-0.2, -0.15) is 0 Å². The number of thioether (sulfide) groups is 1. The molecule has 2 N–H and O–H groups in total. The Hall–Kier alpha value is -1.61. The second-order valence-electron chi connectivity index (χ2n) is 3.93. The van der Waals surface area contributed by atoms with E-state index in [9.17, 15) is 0 Å². The normalized spacial score (nSPS) is 10.3. The van der Waals surface area contributed by atoms with Crippen molar-refractivity contribution in [3.8, 4) is 5.75 Å². The van der Waals surface area contributed by atoms with Crippen molar-refractivity contribution in [2.45, 2.75) is 17.6 Å². The Morgan fingerprint density at radius 2 is 1.67 bits per heavy atom. The lowest BCUT2D eigenvalue weighted by Gasteiger charge is -2.05. The van der Waals surface area contributed by atoms with Crippen LogP contribution in [0.5, 0.6) is 5.75 Å². The van der Waals surface area contributed by atoms with E-state index in [2.05, 4.69) is 24.3 Å². The van der Waals surface area contributed by atoms with E-state index < -0.39 is 0 Å². The molecule has 18 heavy (non-hydrogen) atoms. The molecule has 94 valence electrons. The van der Waals surface area contributed by atoms with E-state index in [1.807, 2.05) is 31.2 Å². The average molecular weight is 259 g/mol. The third kappa shape index (κ3) is 3.70. The second kappa shape index (κ2) is 6.36. The van der Waals surface area contributed by atoms with Crippen LogP contribution in [0.1, 0.15) is 12.5 Å². The molecule has 0 saturated carbocycles. The van der Waals surface area contributed by atoms with Crippen molar-refractivity contribution in [1.29, 1.82) is 0 Å². The summed E-state index contributed by atoms with van der Waals surface area (Å²) < 4.78 is 5.42. The molecule has 3 heteroatoms. The topological polar surface area (TPSA) is 35.2 Å². The van der Waals surface area contributed by atoms with E-state index in [-0.39, 0.29) is 0 Å². The van der Waals surface area contributed by atoms with Crippen LogP contribution in [-0.4, -0.2) is 6.61 Å². The van der Waals surface area contributed by atoms with Gasteiger partial charge in [-0.05, 0) is 48.9 Å². The summed E-state index contributed by atoms with van der Waals surface area (Å²) in [5, 5.41) is 0. The minimum Gasteiger partial charge on any atom is -0.494 e. The second-order valence-corrected chi connectivity index (χ2v) is 4.98. The highest BCUT2D eigenvalue weighted by molar-refractivity contribution is 7.98. The predicted molar refractivity (Wildman–Crippen MR) is 78.0 cm³/mol. The van der Waals surface area contributed by atoms with Crippen molar-refractivity contribution in [2.24, 2.45) is 0 Å². The molecule has 2 rings (SSSR count). The highest BCUT2D eigenvalue weighted by Crippen LogP contribution is 2.24. The van der Waals surface area contributed by atoms with Gasteiger partial charge in [0.15, 0.2) is 0 Å². The lowest BCUT2D eigenvalue weighted by atomic mass is 10.2. The largest absolute Gasteiger partial charge is 0.494 e. The van der Waals surface area contributed by atoms with Gasteiger partial charge in [0.1, 0.15) is 5.75 Å². The Morgan fingerprint density at radius 3 is 2.28 bits per heavy atom. The maximum absolute atomic E-state index is 5.66. The number of nitrogens with two attached hydrogens (primary N) is 1. The molecule has 0 aromatic heterocycles. The zero-order chi connectivity index (χ0) is 12.8. The summed E-state index contributed by atoms with van der Waals surface area (Å²) in [6, 6.07) is 16.2. The third-order valence-corrected chi connectivity index (χ3v) is 3.60. The average Bonchev–Trinajstić information content (AvgIpc) is 2.40. The van der Waals surface area contributed by atoms with Crippen LogP contribution in [0, 0.1) is 0 Å².